The number of pyridine rings is 1. The Bertz CT molecular complexity index is 1580. The van der Waals surface area contributed by atoms with Gasteiger partial charge in [0.25, 0.3) is 5.91 Å². The first-order valence-corrected chi connectivity index (χ1v) is 11.9. The molecule has 1 aliphatic rings. The van der Waals surface area contributed by atoms with Crippen molar-refractivity contribution in [3.63, 3.8) is 0 Å². The van der Waals surface area contributed by atoms with E-state index < -0.39 is 0 Å². The molecule has 5 aromatic rings. The number of fused-ring (bicyclic) bond motifs is 2. The van der Waals surface area contributed by atoms with E-state index in [1.165, 1.54) is 0 Å². The lowest BCUT2D eigenvalue weighted by Gasteiger charge is -2.35. The van der Waals surface area contributed by atoms with E-state index in [1.807, 2.05) is 65.7 Å². The number of aromatic nitrogens is 4. The van der Waals surface area contributed by atoms with Crippen LogP contribution in [-0.4, -0.2) is 69.3 Å². The lowest BCUT2D eigenvalue weighted by molar-refractivity contribution is 0.0627. The minimum atomic E-state index is 0.0615. The Morgan fingerprint density at radius 1 is 0.972 bits per heavy atom. The number of para-hydroxylation sites is 1. The Labute approximate surface area is 209 Å². The molecule has 2 N–H and O–H groups in total. The Balaban J connectivity index is 1.25. The van der Waals surface area contributed by atoms with Gasteiger partial charge in [0.2, 0.25) is 0 Å². The van der Waals surface area contributed by atoms with Gasteiger partial charge in [-0.05, 0) is 29.7 Å². The van der Waals surface area contributed by atoms with Crippen LogP contribution in [0, 0.1) is 0 Å². The molecule has 1 amide bonds. The second kappa shape index (κ2) is 9.09. The maximum atomic E-state index is 12.8. The summed E-state index contributed by atoms with van der Waals surface area (Å²) in [5, 5.41) is 5.49. The number of hydrogen-bond donors (Lipinski definition) is 1. The van der Waals surface area contributed by atoms with Crippen molar-refractivity contribution in [2.45, 2.75) is 6.54 Å². The highest BCUT2D eigenvalue weighted by Crippen LogP contribution is 2.27. The van der Waals surface area contributed by atoms with Crippen molar-refractivity contribution in [3.8, 4) is 11.1 Å². The molecule has 0 unspecified atom stereocenters. The van der Waals surface area contributed by atoms with Crippen molar-refractivity contribution in [1.82, 2.24) is 29.4 Å². The summed E-state index contributed by atoms with van der Waals surface area (Å²) in [5.74, 6) is 0.430. The van der Waals surface area contributed by atoms with Crippen LogP contribution in [0.2, 0.25) is 0 Å². The number of piperazine rings is 1. The molecule has 6 rings (SSSR count). The van der Waals surface area contributed by atoms with Crippen LogP contribution >= 0.6 is 0 Å². The highest BCUT2D eigenvalue weighted by Gasteiger charge is 2.24. The van der Waals surface area contributed by atoms with E-state index in [1.54, 1.807) is 10.7 Å². The minimum Gasteiger partial charge on any atom is -0.384 e. The summed E-state index contributed by atoms with van der Waals surface area (Å²) in [6.45, 7) is 3.29. The normalized spacial score (nSPS) is 14.5. The third-order valence-corrected chi connectivity index (χ3v) is 6.75. The van der Waals surface area contributed by atoms with Crippen LogP contribution in [0.15, 0.2) is 73.1 Å². The summed E-state index contributed by atoms with van der Waals surface area (Å²) in [6, 6.07) is 19.5. The Kier molecular flexibility index (Phi) is 5.62. The average Bonchev–Trinajstić information content (AvgIpc) is 3.36. The van der Waals surface area contributed by atoms with Crippen molar-refractivity contribution in [2.24, 2.45) is 0 Å². The molecule has 0 saturated carbocycles. The first-order valence-electron chi connectivity index (χ1n) is 11.9. The molecule has 0 spiro atoms. The molecule has 36 heavy (non-hydrogen) atoms. The van der Waals surface area contributed by atoms with Crippen LogP contribution in [0.1, 0.15) is 16.1 Å². The number of carbonyl (C=O) groups is 1. The smallest absolute Gasteiger partial charge is 0.253 e. The van der Waals surface area contributed by atoms with Crippen molar-refractivity contribution in [3.05, 3.63) is 84.3 Å². The van der Waals surface area contributed by atoms with Gasteiger partial charge in [0, 0.05) is 61.0 Å². The molecular weight excluding hydrogens is 449 g/mol. The lowest BCUT2D eigenvalue weighted by atomic mass is 9.94. The average molecular weight is 473 g/mol. The maximum absolute atomic E-state index is 12.8. The lowest BCUT2D eigenvalue weighted by Crippen LogP contribution is -2.48. The Morgan fingerprint density at radius 3 is 2.53 bits per heavy atom. The van der Waals surface area contributed by atoms with Gasteiger partial charge in [0.1, 0.15) is 13.7 Å². The van der Waals surface area contributed by atoms with Gasteiger partial charge in [-0.1, -0.05) is 36.4 Å². The number of nitrogens with two attached hydrogens (primary N) is 1. The molecule has 3 aromatic heterocycles. The van der Waals surface area contributed by atoms with Gasteiger partial charge in [-0.3, -0.25) is 14.7 Å². The van der Waals surface area contributed by atoms with E-state index >= 15 is 0 Å². The molecule has 2 aromatic carbocycles. The third kappa shape index (κ3) is 3.97. The molecule has 4 heterocycles. The van der Waals surface area contributed by atoms with Crippen LogP contribution in [-0.2, 0) is 6.54 Å². The van der Waals surface area contributed by atoms with Crippen molar-refractivity contribution in [2.75, 3.05) is 31.9 Å². The fraction of sp³-hybridized carbons (Fsp3) is 0.185. The molecule has 1 aliphatic heterocycles. The molecule has 0 atom stereocenters. The number of anilines is 1. The summed E-state index contributed by atoms with van der Waals surface area (Å²) in [4.78, 5) is 26.4. The molecule has 0 bridgehead atoms. The van der Waals surface area contributed by atoms with Crippen LogP contribution in [0.25, 0.3) is 27.7 Å². The highest BCUT2D eigenvalue weighted by atomic mass is 16.2. The van der Waals surface area contributed by atoms with Gasteiger partial charge in [0.15, 0.2) is 5.65 Å². The summed E-state index contributed by atoms with van der Waals surface area (Å²) in [7, 11) is 6.39. The molecule has 9 heteroatoms. The van der Waals surface area contributed by atoms with E-state index in [4.69, 9.17) is 18.6 Å². The monoisotopic (exact) mass is 473 g/mol. The van der Waals surface area contributed by atoms with Gasteiger partial charge < -0.3 is 10.6 Å². The van der Waals surface area contributed by atoms with Crippen LogP contribution in [0.4, 0.5) is 5.82 Å². The van der Waals surface area contributed by atoms with E-state index in [9.17, 15) is 4.79 Å². The van der Waals surface area contributed by atoms with Crippen LogP contribution in [0.3, 0.4) is 0 Å². The molecule has 176 valence electrons. The number of carbonyl (C=O) groups excluding carboxylic acids is 1. The second-order valence-electron chi connectivity index (χ2n) is 9.00. The van der Waals surface area contributed by atoms with Crippen LogP contribution in [0.5, 0.6) is 0 Å². The number of hydrogen-bond acceptors (Lipinski definition) is 6. The Hall–Kier alpha value is -4.24. The molecule has 0 aliphatic carbocycles. The van der Waals surface area contributed by atoms with Gasteiger partial charge >= 0.3 is 0 Å². The molecule has 2 radical (unpaired) electrons. The van der Waals surface area contributed by atoms with Crippen LogP contribution < -0.4 is 11.2 Å². The van der Waals surface area contributed by atoms with E-state index in [0.717, 1.165) is 35.1 Å². The van der Waals surface area contributed by atoms with Gasteiger partial charge in [0.05, 0.1) is 17.4 Å². The zero-order valence-corrected chi connectivity index (χ0v) is 19.7. The fourth-order valence-corrected chi connectivity index (χ4v) is 4.70. The maximum Gasteiger partial charge on any atom is 0.253 e. The zero-order valence-electron chi connectivity index (χ0n) is 19.7. The SMILES string of the molecule is [B]c1c(CN2CCN(C(=O)c3ccccc3)CC2)nc2c(-c3cnc4ccccc4c3)cnn2c1N. The van der Waals surface area contributed by atoms with Crippen molar-refractivity contribution >= 4 is 41.6 Å². The number of rotatable bonds is 4. The first kappa shape index (κ1) is 22.2. The highest BCUT2D eigenvalue weighted by molar-refractivity contribution is 6.36. The van der Waals surface area contributed by atoms with E-state index in [0.29, 0.717) is 47.8 Å². The number of nitrogen functional groups attached to an aromatic ring is 1. The Morgan fingerprint density at radius 2 is 1.72 bits per heavy atom. The quantitative estimate of drug-likeness (QED) is 0.403. The standard InChI is InChI=1S/C27H24BN7O/c28-24-23(17-33-10-12-34(13-11-33)27(36)18-6-2-1-3-7-18)32-26-21(16-31-35(26)25(24)29)20-14-19-8-4-5-9-22(19)30-15-20/h1-9,14-16H,10-13,17,29H2. The molecule has 8 nitrogen and oxygen atoms in total. The van der Waals surface area contributed by atoms with Gasteiger partial charge in [-0.15, -0.1) is 0 Å². The summed E-state index contributed by atoms with van der Waals surface area (Å²) in [5.41, 5.74) is 11.6. The first-order chi connectivity index (χ1) is 17.6. The number of benzene rings is 2. The molecule has 1 fully saturated rings. The second-order valence-corrected chi connectivity index (χ2v) is 9.00. The van der Waals surface area contributed by atoms with E-state index in [2.05, 4.69) is 21.0 Å². The summed E-state index contributed by atoms with van der Waals surface area (Å²) in [6.07, 6.45) is 3.58. The molecular formula is C27H24BN7O. The van der Waals surface area contributed by atoms with Gasteiger partial charge in [-0.25, -0.2) is 4.98 Å². The number of nitrogens with zero attached hydrogens (tertiary/aromatic N) is 6. The van der Waals surface area contributed by atoms with E-state index in [-0.39, 0.29) is 5.91 Å². The number of amides is 1. The fourth-order valence-electron chi connectivity index (χ4n) is 4.70. The van der Waals surface area contributed by atoms with Crippen molar-refractivity contribution < 1.29 is 4.79 Å². The van der Waals surface area contributed by atoms with Crippen molar-refractivity contribution in [1.29, 1.82) is 0 Å². The largest absolute Gasteiger partial charge is 0.384 e. The predicted molar refractivity (Wildman–Crippen MR) is 141 cm³/mol. The summed E-state index contributed by atoms with van der Waals surface area (Å²) < 4.78 is 1.58. The predicted octanol–water partition coefficient (Wildman–Crippen LogP) is 2.28. The van der Waals surface area contributed by atoms with Gasteiger partial charge in [-0.2, -0.15) is 9.61 Å². The zero-order chi connectivity index (χ0) is 24.6. The molecule has 1 saturated heterocycles. The topological polar surface area (TPSA) is 92.6 Å². The third-order valence-electron chi connectivity index (χ3n) is 6.75. The summed E-state index contributed by atoms with van der Waals surface area (Å²) >= 11 is 0. The minimum absolute atomic E-state index is 0.0615.